The van der Waals surface area contributed by atoms with Crippen LogP contribution in [0.25, 0.3) is 0 Å². The van der Waals surface area contributed by atoms with Crippen LogP contribution in [-0.4, -0.2) is 35.5 Å². The van der Waals surface area contributed by atoms with Crippen molar-refractivity contribution in [2.45, 2.75) is 12.5 Å². The largest absolute Gasteiger partial charge is 0.480 e. The number of benzene rings is 2. The van der Waals surface area contributed by atoms with Gasteiger partial charge in [-0.05, 0) is 29.8 Å². The number of rotatable bonds is 7. The van der Waals surface area contributed by atoms with Gasteiger partial charge >= 0.3 is 5.97 Å². The topological polar surface area (TPSA) is 95.5 Å². The van der Waals surface area contributed by atoms with Crippen molar-refractivity contribution in [2.75, 3.05) is 6.54 Å². The highest BCUT2D eigenvalue weighted by Crippen LogP contribution is 2.22. The van der Waals surface area contributed by atoms with E-state index in [4.69, 9.17) is 23.2 Å². The third kappa shape index (κ3) is 5.75. The molecule has 6 nitrogen and oxygen atoms in total. The maximum absolute atomic E-state index is 12.0. The fourth-order valence-corrected chi connectivity index (χ4v) is 2.69. The minimum atomic E-state index is -1.21. The predicted octanol–water partition coefficient (Wildman–Crippen LogP) is 2.54. The smallest absolute Gasteiger partial charge is 0.326 e. The van der Waals surface area contributed by atoms with Gasteiger partial charge in [-0.1, -0.05) is 47.5 Å². The zero-order valence-corrected chi connectivity index (χ0v) is 15.1. The number of carboxylic acids is 1. The molecule has 0 aliphatic rings. The highest BCUT2D eigenvalue weighted by atomic mass is 35.5. The number of aliphatic carboxylic acids is 1. The number of hydrogen-bond acceptors (Lipinski definition) is 3. The van der Waals surface area contributed by atoms with Gasteiger partial charge in [0.15, 0.2) is 0 Å². The Morgan fingerprint density at radius 2 is 1.73 bits per heavy atom. The average molecular weight is 395 g/mol. The molecular formula is C18H16Cl2N2O4. The molecule has 0 spiro atoms. The van der Waals surface area contributed by atoms with E-state index in [1.165, 1.54) is 6.07 Å². The summed E-state index contributed by atoms with van der Waals surface area (Å²) in [7, 11) is 0. The van der Waals surface area contributed by atoms with E-state index in [1.807, 2.05) is 0 Å². The highest BCUT2D eigenvalue weighted by Gasteiger charge is 2.22. The lowest BCUT2D eigenvalue weighted by Crippen LogP contribution is -2.46. The summed E-state index contributed by atoms with van der Waals surface area (Å²) >= 11 is 11.8. The maximum atomic E-state index is 12.0. The van der Waals surface area contributed by atoms with E-state index in [0.29, 0.717) is 21.2 Å². The Kier molecular flexibility index (Phi) is 7.00. The second kappa shape index (κ2) is 9.22. The Hall–Kier alpha value is -2.57. The van der Waals surface area contributed by atoms with Crippen LogP contribution in [0.2, 0.25) is 10.0 Å². The summed E-state index contributed by atoms with van der Waals surface area (Å²) in [5, 5.41) is 14.9. The van der Waals surface area contributed by atoms with E-state index in [1.54, 1.807) is 42.5 Å². The van der Waals surface area contributed by atoms with Crippen molar-refractivity contribution < 1.29 is 19.5 Å². The molecule has 0 saturated heterocycles. The van der Waals surface area contributed by atoms with Crippen LogP contribution in [0.1, 0.15) is 15.9 Å². The summed E-state index contributed by atoms with van der Waals surface area (Å²) in [6.45, 7) is -0.341. The zero-order valence-electron chi connectivity index (χ0n) is 13.5. The van der Waals surface area contributed by atoms with Crippen molar-refractivity contribution in [1.82, 2.24) is 10.6 Å². The number of carbonyl (C=O) groups is 3. The van der Waals surface area contributed by atoms with E-state index < -0.39 is 23.8 Å². The Morgan fingerprint density at radius 3 is 2.35 bits per heavy atom. The minimum absolute atomic E-state index is 0.0102. The van der Waals surface area contributed by atoms with Gasteiger partial charge in [0.05, 0.1) is 6.54 Å². The lowest BCUT2D eigenvalue weighted by Gasteiger charge is -2.16. The van der Waals surface area contributed by atoms with Crippen molar-refractivity contribution >= 4 is 41.0 Å². The lowest BCUT2D eigenvalue weighted by atomic mass is 10.1. The molecule has 0 heterocycles. The molecular weight excluding hydrogens is 379 g/mol. The molecule has 1 atom stereocenters. The first-order valence-corrected chi connectivity index (χ1v) is 8.41. The fraction of sp³-hybridized carbons (Fsp3) is 0.167. The Bertz CT molecular complexity index is 812. The third-order valence-electron chi connectivity index (χ3n) is 3.52. The molecule has 3 N–H and O–H groups in total. The van der Waals surface area contributed by atoms with Gasteiger partial charge in [0.25, 0.3) is 5.91 Å². The molecule has 0 radical (unpaired) electrons. The fourth-order valence-electron chi connectivity index (χ4n) is 2.20. The predicted molar refractivity (Wildman–Crippen MR) is 98.5 cm³/mol. The molecule has 26 heavy (non-hydrogen) atoms. The van der Waals surface area contributed by atoms with E-state index in [2.05, 4.69) is 10.6 Å². The molecule has 136 valence electrons. The summed E-state index contributed by atoms with van der Waals surface area (Å²) in [5.41, 5.74) is 0.945. The lowest BCUT2D eigenvalue weighted by molar-refractivity contribution is -0.141. The van der Waals surface area contributed by atoms with Gasteiger partial charge < -0.3 is 15.7 Å². The molecule has 2 aromatic rings. The van der Waals surface area contributed by atoms with E-state index in [-0.39, 0.29) is 13.0 Å². The van der Waals surface area contributed by atoms with Gasteiger partial charge in [0.1, 0.15) is 6.04 Å². The molecule has 8 heteroatoms. The van der Waals surface area contributed by atoms with Gasteiger partial charge in [0.2, 0.25) is 5.91 Å². The van der Waals surface area contributed by atoms with Crippen LogP contribution in [0.5, 0.6) is 0 Å². The molecule has 0 unspecified atom stereocenters. The standard InChI is InChI=1S/C18H16Cl2N2O4/c19-13-7-6-12(14(20)9-13)8-15(18(25)26)22-16(23)10-21-17(24)11-4-2-1-3-5-11/h1-7,9,15H,8,10H2,(H,21,24)(H,22,23)(H,25,26)/t15-/m0/s1. The SMILES string of the molecule is O=C(CNC(=O)c1ccccc1)N[C@@H](Cc1ccc(Cl)cc1Cl)C(=O)O. The summed E-state index contributed by atoms with van der Waals surface area (Å²) in [6.07, 6.45) is -0.0102. The van der Waals surface area contributed by atoms with Crippen molar-refractivity contribution in [1.29, 1.82) is 0 Å². The Labute approximate surface area is 160 Å². The number of hydrogen-bond donors (Lipinski definition) is 3. The summed E-state index contributed by atoms with van der Waals surface area (Å²) < 4.78 is 0. The van der Waals surface area contributed by atoms with Gasteiger partial charge in [-0.15, -0.1) is 0 Å². The Balaban J connectivity index is 1.93. The molecule has 0 aromatic heterocycles. The summed E-state index contributed by atoms with van der Waals surface area (Å²) in [5.74, 6) is -2.25. The number of amides is 2. The van der Waals surface area contributed by atoms with E-state index in [9.17, 15) is 19.5 Å². The molecule has 2 aromatic carbocycles. The monoisotopic (exact) mass is 394 g/mol. The molecule has 0 aliphatic carbocycles. The third-order valence-corrected chi connectivity index (χ3v) is 4.10. The highest BCUT2D eigenvalue weighted by molar-refractivity contribution is 6.35. The van der Waals surface area contributed by atoms with E-state index >= 15 is 0 Å². The van der Waals surface area contributed by atoms with Crippen LogP contribution in [0, 0.1) is 0 Å². The molecule has 2 amide bonds. The summed E-state index contributed by atoms with van der Waals surface area (Å²) in [6, 6.07) is 11.9. The first-order chi connectivity index (χ1) is 12.4. The number of carboxylic acid groups (broad SMARTS) is 1. The van der Waals surface area contributed by atoms with Gasteiger partial charge in [0, 0.05) is 22.0 Å². The molecule has 0 saturated carbocycles. The van der Waals surface area contributed by atoms with Crippen LogP contribution in [0.3, 0.4) is 0 Å². The van der Waals surface area contributed by atoms with Crippen molar-refractivity contribution in [2.24, 2.45) is 0 Å². The molecule has 2 rings (SSSR count). The van der Waals surface area contributed by atoms with Crippen LogP contribution >= 0.6 is 23.2 Å². The van der Waals surface area contributed by atoms with Crippen molar-refractivity contribution in [3.63, 3.8) is 0 Å². The first kappa shape index (κ1) is 19.8. The van der Waals surface area contributed by atoms with Crippen LogP contribution in [-0.2, 0) is 16.0 Å². The van der Waals surface area contributed by atoms with Crippen molar-refractivity contribution in [3.05, 3.63) is 69.7 Å². The summed E-state index contributed by atoms with van der Waals surface area (Å²) in [4.78, 5) is 35.3. The second-order valence-electron chi connectivity index (χ2n) is 5.45. The first-order valence-electron chi connectivity index (χ1n) is 7.66. The van der Waals surface area contributed by atoms with Crippen LogP contribution in [0.15, 0.2) is 48.5 Å². The van der Waals surface area contributed by atoms with Crippen molar-refractivity contribution in [3.8, 4) is 0 Å². The van der Waals surface area contributed by atoms with Gasteiger partial charge in [-0.3, -0.25) is 9.59 Å². The Morgan fingerprint density at radius 1 is 1.04 bits per heavy atom. The van der Waals surface area contributed by atoms with Crippen LogP contribution < -0.4 is 10.6 Å². The van der Waals surface area contributed by atoms with Gasteiger partial charge in [-0.2, -0.15) is 0 Å². The zero-order chi connectivity index (χ0) is 19.1. The second-order valence-corrected chi connectivity index (χ2v) is 6.29. The van der Waals surface area contributed by atoms with E-state index in [0.717, 1.165) is 0 Å². The normalized spacial score (nSPS) is 11.5. The number of halogens is 2. The quantitative estimate of drug-likeness (QED) is 0.672. The molecule has 0 fully saturated rings. The average Bonchev–Trinajstić information content (AvgIpc) is 2.61. The maximum Gasteiger partial charge on any atom is 0.326 e. The van der Waals surface area contributed by atoms with Crippen LogP contribution in [0.4, 0.5) is 0 Å². The minimum Gasteiger partial charge on any atom is -0.480 e. The van der Waals surface area contributed by atoms with Gasteiger partial charge in [-0.25, -0.2) is 4.79 Å². The number of nitrogens with one attached hydrogen (secondary N) is 2. The molecule has 0 bridgehead atoms. The number of carbonyl (C=O) groups excluding carboxylic acids is 2. The molecule has 0 aliphatic heterocycles.